The predicted octanol–water partition coefficient (Wildman–Crippen LogP) is 2.55. The maximum Gasteiger partial charge on any atom is 0.0813 e. The Morgan fingerprint density at radius 2 is 1.60 bits per heavy atom. The van der Waals surface area contributed by atoms with Gasteiger partial charge in [-0.2, -0.15) is 0 Å². The quantitative estimate of drug-likeness (QED) is 0.706. The zero-order chi connectivity index (χ0) is 11.5. The van der Waals surface area contributed by atoms with E-state index >= 15 is 0 Å². The molecule has 1 aromatic carbocycles. The fourth-order valence-electron chi connectivity index (χ4n) is 1.24. The first-order valence-corrected chi connectivity index (χ1v) is 6.60. The van der Waals surface area contributed by atoms with Crippen LogP contribution in [-0.4, -0.2) is 23.6 Å². The van der Waals surface area contributed by atoms with Crippen molar-refractivity contribution in [1.82, 2.24) is 0 Å². The third-order valence-electron chi connectivity index (χ3n) is 2.21. The SMILES string of the molecule is CN(C)c1ccc([Si]CC(C)(C)C)cc1. The van der Waals surface area contributed by atoms with Crippen LogP contribution in [0.15, 0.2) is 24.3 Å². The molecule has 0 heterocycles. The highest BCUT2D eigenvalue weighted by molar-refractivity contribution is 6.53. The molecule has 0 aliphatic carbocycles. The summed E-state index contributed by atoms with van der Waals surface area (Å²) in [4.78, 5) is 2.14. The zero-order valence-electron chi connectivity index (χ0n) is 10.5. The van der Waals surface area contributed by atoms with Crippen LogP contribution in [0.2, 0.25) is 6.04 Å². The highest BCUT2D eigenvalue weighted by Gasteiger charge is 2.10. The van der Waals surface area contributed by atoms with Gasteiger partial charge in [0.25, 0.3) is 0 Å². The summed E-state index contributed by atoms with van der Waals surface area (Å²) in [5, 5.41) is 1.47. The van der Waals surface area contributed by atoms with Crippen molar-refractivity contribution >= 4 is 20.4 Å². The smallest absolute Gasteiger partial charge is 0.0813 e. The summed E-state index contributed by atoms with van der Waals surface area (Å²) in [6.45, 7) is 6.90. The van der Waals surface area contributed by atoms with E-state index < -0.39 is 0 Å². The summed E-state index contributed by atoms with van der Waals surface area (Å²) in [6.07, 6.45) is 0. The maximum absolute atomic E-state index is 2.30. The van der Waals surface area contributed by atoms with E-state index in [1.807, 2.05) is 0 Å². The molecule has 1 aromatic rings. The lowest BCUT2D eigenvalue weighted by molar-refractivity contribution is 0.468. The molecular weight excluding hydrogens is 198 g/mol. The Kier molecular flexibility index (Phi) is 3.97. The summed E-state index contributed by atoms with van der Waals surface area (Å²) < 4.78 is 0. The minimum atomic E-state index is 0.443. The second-order valence-electron chi connectivity index (χ2n) is 5.36. The van der Waals surface area contributed by atoms with E-state index in [0.717, 1.165) is 9.52 Å². The summed E-state index contributed by atoms with van der Waals surface area (Å²) >= 11 is 0. The minimum Gasteiger partial charge on any atom is -0.378 e. The molecule has 0 aliphatic rings. The molecule has 2 heteroatoms. The van der Waals surface area contributed by atoms with Crippen molar-refractivity contribution in [3.05, 3.63) is 24.3 Å². The van der Waals surface area contributed by atoms with Gasteiger partial charge in [-0.1, -0.05) is 44.1 Å². The molecule has 0 N–H and O–H groups in total. The van der Waals surface area contributed by atoms with Gasteiger partial charge in [0.1, 0.15) is 0 Å². The van der Waals surface area contributed by atoms with Crippen molar-refractivity contribution in [3.63, 3.8) is 0 Å². The lowest BCUT2D eigenvalue weighted by Crippen LogP contribution is -2.20. The Balaban J connectivity index is 2.57. The molecule has 15 heavy (non-hydrogen) atoms. The van der Waals surface area contributed by atoms with Crippen LogP contribution in [-0.2, 0) is 0 Å². The minimum absolute atomic E-state index is 0.443. The summed E-state index contributed by atoms with van der Waals surface area (Å²) in [7, 11) is 5.08. The van der Waals surface area contributed by atoms with Crippen molar-refractivity contribution in [1.29, 1.82) is 0 Å². The number of nitrogens with zero attached hydrogens (tertiary/aromatic N) is 1. The van der Waals surface area contributed by atoms with Gasteiger partial charge < -0.3 is 4.90 Å². The van der Waals surface area contributed by atoms with Crippen molar-refractivity contribution in [2.45, 2.75) is 26.8 Å². The average Bonchev–Trinajstić information content (AvgIpc) is 2.14. The van der Waals surface area contributed by atoms with Crippen LogP contribution in [0.4, 0.5) is 5.69 Å². The van der Waals surface area contributed by atoms with Crippen LogP contribution in [0.25, 0.3) is 0 Å². The molecule has 1 rings (SSSR count). The molecule has 0 bridgehead atoms. The maximum atomic E-state index is 2.30. The lowest BCUT2D eigenvalue weighted by Gasteiger charge is -2.17. The molecule has 82 valence electrons. The van der Waals surface area contributed by atoms with E-state index in [0.29, 0.717) is 5.41 Å². The van der Waals surface area contributed by atoms with Crippen LogP contribution < -0.4 is 10.1 Å². The van der Waals surface area contributed by atoms with E-state index in [4.69, 9.17) is 0 Å². The third kappa shape index (κ3) is 4.52. The van der Waals surface area contributed by atoms with Gasteiger partial charge in [0.2, 0.25) is 0 Å². The normalized spacial score (nSPS) is 11.5. The van der Waals surface area contributed by atoms with Gasteiger partial charge in [0.15, 0.2) is 0 Å². The van der Waals surface area contributed by atoms with Crippen LogP contribution in [0.1, 0.15) is 20.8 Å². The molecular formula is C13H21NSi. The van der Waals surface area contributed by atoms with E-state index in [1.54, 1.807) is 0 Å². The van der Waals surface area contributed by atoms with E-state index in [-0.39, 0.29) is 0 Å². The average molecular weight is 219 g/mol. The molecule has 0 spiro atoms. The zero-order valence-corrected chi connectivity index (χ0v) is 11.5. The first kappa shape index (κ1) is 12.3. The molecule has 0 unspecified atom stereocenters. The van der Waals surface area contributed by atoms with Crippen LogP contribution in [0.3, 0.4) is 0 Å². The van der Waals surface area contributed by atoms with Crippen LogP contribution >= 0.6 is 0 Å². The fourth-order valence-corrected chi connectivity index (χ4v) is 2.38. The Labute approximate surface area is 96.3 Å². The van der Waals surface area contributed by atoms with Gasteiger partial charge in [0, 0.05) is 19.8 Å². The number of rotatable bonds is 3. The third-order valence-corrected chi connectivity index (χ3v) is 4.19. The van der Waals surface area contributed by atoms with Gasteiger partial charge in [-0.15, -0.1) is 0 Å². The van der Waals surface area contributed by atoms with E-state index in [1.165, 1.54) is 16.9 Å². The van der Waals surface area contributed by atoms with E-state index in [9.17, 15) is 0 Å². The Morgan fingerprint density at radius 3 is 2.00 bits per heavy atom. The van der Waals surface area contributed by atoms with Gasteiger partial charge in [-0.3, -0.25) is 0 Å². The first-order valence-electron chi connectivity index (χ1n) is 5.40. The number of hydrogen-bond acceptors (Lipinski definition) is 1. The van der Waals surface area contributed by atoms with Crippen molar-refractivity contribution in [2.24, 2.45) is 5.41 Å². The highest BCUT2D eigenvalue weighted by Crippen LogP contribution is 2.18. The Bertz CT molecular complexity index is 295. The van der Waals surface area contributed by atoms with E-state index in [2.05, 4.69) is 64.0 Å². The lowest BCUT2D eigenvalue weighted by atomic mass is 10.0. The van der Waals surface area contributed by atoms with Crippen LogP contribution in [0, 0.1) is 5.41 Å². The van der Waals surface area contributed by atoms with Crippen molar-refractivity contribution in [2.75, 3.05) is 19.0 Å². The van der Waals surface area contributed by atoms with Crippen molar-refractivity contribution in [3.8, 4) is 0 Å². The van der Waals surface area contributed by atoms with Gasteiger partial charge in [-0.25, -0.2) is 0 Å². The molecule has 0 saturated carbocycles. The molecule has 0 atom stereocenters. The molecule has 2 radical (unpaired) electrons. The van der Waals surface area contributed by atoms with Gasteiger partial charge in [0.05, 0.1) is 9.52 Å². The molecule has 0 amide bonds. The summed E-state index contributed by atoms with van der Waals surface area (Å²) in [5.74, 6) is 0. The van der Waals surface area contributed by atoms with Crippen molar-refractivity contribution < 1.29 is 0 Å². The number of anilines is 1. The topological polar surface area (TPSA) is 3.24 Å². The molecule has 0 fully saturated rings. The molecule has 0 aromatic heterocycles. The second-order valence-corrected chi connectivity index (χ2v) is 6.64. The summed E-state index contributed by atoms with van der Waals surface area (Å²) in [6, 6.07) is 10.2. The van der Waals surface area contributed by atoms with Gasteiger partial charge >= 0.3 is 0 Å². The second kappa shape index (κ2) is 4.84. The predicted molar refractivity (Wildman–Crippen MR) is 70.4 cm³/mol. The Hall–Kier alpha value is -0.763. The first-order chi connectivity index (χ1) is 6.88. The molecule has 0 aliphatic heterocycles. The molecule has 0 saturated heterocycles. The van der Waals surface area contributed by atoms with Crippen LogP contribution in [0.5, 0.6) is 0 Å². The van der Waals surface area contributed by atoms with Gasteiger partial charge in [-0.05, 0) is 17.5 Å². The highest BCUT2D eigenvalue weighted by atomic mass is 28.2. The summed E-state index contributed by atoms with van der Waals surface area (Å²) in [5.41, 5.74) is 1.72. The fraction of sp³-hybridized carbons (Fsp3) is 0.538. The largest absolute Gasteiger partial charge is 0.378 e. The number of benzene rings is 1. The standard InChI is InChI=1S/C13H21NSi/c1-13(2,3)10-15-12-8-6-11(7-9-12)14(4)5/h6-9H,10H2,1-5H3. The molecule has 1 nitrogen and oxygen atoms in total. The Morgan fingerprint density at radius 1 is 1.07 bits per heavy atom. The monoisotopic (exact) mass is 219 g/mol. The number of hydrogen-bond donors (Lipinski definition) is 0.